The Morgan fingerprint density at radius 3 is 2.80 bits per heavy atom. The van der Waals surface area contributed by atoms with Gasteiger partial charge in [-0.1, -0.05) is 36.6 Å². The van der Waals surface area contributed by atoms with Crippen LogP contribution in [-0.4, -0.2) is 17.3 Å². The number of rotatable bonds is 3. The predicted octanol–water partition coefficient (Wildman–Crippen LogP) is 2.86. The second kappa shape index (κ2) is 5.25. The van der Waals surface area contributed by atoms with E-state index in [9.17, 15) is 0 Å². The lowest BCUT2D eigenvalue weighted by atomic mass is 9.82. The van der Waals surface area contributed by atoms with E-state index in [-0.39, 0.29) is 0 Å². The Labute approximate surface area is 118 Å². The summed E-state index contributed by atoms with van der Waals surface area (Å²) < 4.78 is 10.6. The van der Waals surface area contributed by atoms with Crippen LogP contribution in [0.3, 0.4) is 0 Å². The van der Waals surface area contributed by atoms with E-state index in [1.54, 1.807) is 7.11 Å². The maximum absolute atomic E-state index is 6.41. The summed E-state index contributed by atoms with van der Waals surface area (Å²) >= 11 is 0. The average Bonchev–Trinajstić information content (AvgIpc) is 2.99. The third-order valence-corrected chi connectivity index (χ3v) is 3.93. The predicted molar refractivity (Wildman–Crippen MR) is 75.2 cm³/mol. The minimum atomic E-state index is -0.456. The molecule has 2 N–H and O–H groups in total. The Bertz CT molecular complexity index is 588. The Kier molecular flexibility index (Phi) is 3.44. The molecule has 1 saturated carbocycles. The molecule has 3 rings (SSSR count). The van der Waals surface area contributed by atoms with Crippen LogP contribution in [0, 0.1) is 0 Å². The smallest absolute Gasteiger partial charge is 0.247 e. The van der Waals surface area contributed by atoms with Gasteiger partial charge >= 0.3 is 0 Å². The van der Waals surface area contributed by atoms with Crippen molar-refractivity contribution in [1.82, 2.24) is 10.1 Å². The number of hydrogen-bond donors (Lipinski definition) is 1. The highest BCUT2D eigenvalue weighted by atomic mass is 16.5. The van der Waals surface area contributed by atoms with Gasteiger partial charge in [0, 0.05) is 5.56 Å². The molecule has 2 aromatic rings. The first-order valence-corrected chi connectivity index (χ1v) is 6.99. The molecule has 0 radical (unpaired) electrons. The topological polar surface area (TPSA) is 74.2 Å². The van der Waals surface area contributed by atoms with Crippen molar-refractivity contribution in [3.05, 3.63) is 30.2 Å². The van der Waals surface area contributed by atoms with Gasteiger partial charge in [0.25, 0.3) is 0 Å². The Hall–Kier alpha value is -1.88. The summed E-state index contributed by atoms with van der Waals surface area (Å²) in [6.45, 7) is 0. The van der Waals surface area contributed by atoms with Gasteiger partial charge < -0.3 is 15.0 Å². The van der Waals surface area contributed by atoms with E-state index in [1.807, 2.05) is 24.3 Å². The van der Waals surface area contributed by atoms with E-state index in [0.29, 0.717) is 11.7 Å². The molecule has 0 saturated heterocycles. The van der Waals surface area contributed by atoms with Crippen LogP contribution in [0.2, 0.25) is 0 Å². The van der Waals surface area contributed by atoms with E-state index in [1.165, 1.54) is 6.42 Å². The molecular formula is C15H19N3O2. The summed E-state index contributed by atoms with van der Waals surface area (Å²) in [5.41, 5.74) is 6.82. The van der Waals surface area contributed by atoms with Crippen LogP contribution in [0.4, 0.5) is 0 Å². The number of ether oxygens (including phenoxy) is 1. The molecule has 0 aliphatic heterocycles. The van der Waals surface area contributed by atoms with E-state index >= 15 is 0 Å². The van der Waals surface area contributed by atoms with Crippen LogP contribution in [0.25, 0.3) is 11.4 Å². The average molecular weight is 273 g/mol. The Morgan fingerprint density at radius 2 is 2.05 bits per heavy atom. The van der Waals surface area contributed by atoms with Crippen molar-refractivity contribution in [3.63, 3.8) is 0 Å². The quantitative estimate of drug-likeness (QED) is 0.930. The lowest BCUT2D eigenvalue weighted by molar-refractivity contribution is 0.220. The van der Waals surface area contributed by atoms with Gasteiger partial charge in [0.15, 0.2) is 0 Å². The molecular weight excluding hydrogens is 254 g/mol. The first-order valence-electron chi connectivity index (χ1n) is 6.99. The fourth-order valence-corrected chi connectivity index (χ4v) is 2.70. The van der Waals surface area contributed by atoms with E-state index in [2.05, 4.69) is 10.1 Å². The highest BCUT2D eigenvalue weighted by Crippen LogP contribution is 2.34. The van der Waals surface area contributed by atoms with Crippen molar-refractivity contribution in [1.29, 1.82) is 0 Å². The fraction of sp³-hybridized carbons (Fsp3) is 0.467. The summed E-state index contributed by atoms with van der Waals surface area (Å²) in [6.07, 6.45) is 5.29. The van der Waals surface area contributed by atoms with Crippen LogP contribution in [-0.2, 0) is 5.54 Å². The van der Waals surface area contributed by atoms with Crippen molar-refractivity contribution in [3.8, 4) is 17.1 Å². The van der Waals surface area contributed by atoms with Crippen molar-refractivity contribution in [2.24, 2.45) is 5.73 Å². The van der Waals surface area contributed by atoms with Crippen molar-refractivity contribution in [2.75, 3.05) is 7.11 Å². The lowest BCUT2D eigenvalue weighted by Crippen LogP contribution is -2.38. The highest BCUT2D eigenvalue weighted by molar-refractivity contribution is 5.56. The summed E-state index contributed by atoms with van der Waals surface area (Å²) in [5, 5.41) is 4.06. The zero-order valence-electron chi connectivity index (χ0n) is 11.6. The van der Waals surface area contributed by atoms with Gasteiger partial charge in [-0.25, -0.2) is 0 Å². The number of aromatic nitrogens is 2. The van der Waals surface area contributed by atoms with Crippen LogP contribution < -0.4 is 10.5 Å². The second-order valence-corrected chi connectivity index (χ2v) is 5.37. The third-order valence-electron chi connectivity index (χ3n) is 3.93. The maximum Gasteiger partial charge on any atom is 0.247 e. The van der Waals surface area contributed by atoms with Crippen LogP contribution in [0.5, 0.6) is 5.75 Å². The second-order valence-electron chi connectivity index (χ2n) is 5.37. The largest absolute Gasteiger partial charge is 0.497 e. The molecule has 0 bridgehead atoms. The zero-order chi connectivity index (χ0) is 14.0. The molecule has 0 atom stereocenters. The van der Waals surface area contributed by atoms with Crippen molar-refractivity contribution >= 4 is 0 Å². The summed E-state index contributed by atoms with van der Waals surface area (Å²) in [5.74, 6) is 1.89. The van der Waals surface area contributed by atoms with E-state index in [0.717, 1.165) is 37.0 Å². The zero-order valence-corrected chi connectivity index (χ0v) is 11.6. The number of nitrogens with two attached hydrogens (primary N) is 1. The normalized spacial score (nSPS) is 17.9. The van der Waals surface area contributed by atoms with Crippen LogP contribution in [0.1, 0.15) is 38.0 Å². The van der Waals surface area contributed by atoms with Crippen LogP contribution >= 0.6 is 0 Å². The first kappa shape index (κ1) is 13.1. The molecule has 1 fully saturated rings. The molecule has 0 spiro atoms. The van der Waals surface area contributed by atoms with Crippen molar-refractivity contribution in [2.45, 2.75) is 37.6 Å². The SMILES string of the molecule is COc1cccc(-c2noc(C3(N)CCCCC3)n2)c1. The highest BCUT2D eigenvalue weighted by Gasteiger charge is 2.35. The van der Waals surface area contributed by atoms with Crippen LogP contribution in [0.15, 0.2) is 28.8 Å². The fourth-order valence-electron chi connectivity index (χ4n) is 2.70. The van der Waals surface area contributed by atoms with Gasteiger partial charge in [-0.05, 0) is 25.0 Å². The standard InChI is InChI=1S/C15H19N3O2/c1-19-12-7-5-6-11(10-12)13-17-14(20-18-13)15(16)8-3-2-4-9-15/h5-7,10H,2-4,8-9,16H2,1H3. The van der Waals surface area contributed by atoms with Gasteiger partial charge in [-0.15, -0.1) is 0 Å². The minimum Gasteiger partial charge on any atom is -0.497 e. The number of hydrogen-bond acceptors (Lipinski definition) is 5. The van der Waals surface area contributed by atoms with E-state index < -0.39 is 5.54 Å². The Balaban J connectivity index is 1.89. The van der Waals surface area contributed by atoms with Gasteiger partial charge in [0.05, 0.1) is 12.6 Å². The van der Waals surface area contributed by atoms with Crippen molar-refractivity contribution < 1.29 is 9.26 Å². The minimum absolute atomic E-state index is 0.456. The van der Waals surface area contributed by atoms with Gasteiger partial charge in [-0.2, -0.15) is 4.98 Å². The molecule has 1 aromatic carbocycles. The Morgan fingerprint density at radius 1 is 1.25 bits per heavy atom. The van der Waals surface area contributed by atoms with Gasteiger partial charge in [0.2, 0.25) is 11.7 Å². The molecule has 106 valence electrons. The molecule has 1 aliphatic rings. The monoisotopic (exact) mass is 273 g/mol. The number of benzene rings is 1. The van der Waals surface area contributed by atoms with E-state index in [4.69, 9.17) is 15.0 Å². The molecule has 5 nitrogen and oxygen atoms in total. The molecule has 0 amide bonds. The molecule has 20 heavy (non-hydrogen) atoms. The summed E-state index contributed by atoms with van der Waals surface area (Å²) in [7, 11) is 1.64. The number of methoxy groups -OCH3 is 1. The molecule has 1 heterocycles. The first-order chi connectivity index (χ1) is 9.71. The summed E-state index contributed by atoms with van der Waals surface area (Å²) in [4.78, 5) is 4.49. The van der Waals surface area contributed by atoms with Gasteiger partial charge in [0.1, 0.15) is 5.75 Å². The lowest BCUT2D eigenvalue weighted by Gasteiger charge is -2.29. The molecule has 1 aromatic heterocycles. The van der Waals surface area contributed by atoms with Gasteiger partial charge in [-0.3, -0.25) is 0 Å². The summed E-state index contributed by atoms with van der Waals surface area (Å²) in [6, 6.07) is 7.61. The third kappa shape index (κ3) is 2.41. The molecule has 0 unspecified atom stereocenters. The molecule has 1 aliphatic carbocycles. The maximum atomic E-state index is 6.41. The number of nitrogens with zero attached hydrogens (tertiary/aromatic N) is 2. The molecule has 5 heteroatoms.